The Labute approximate surface area is 244 Å². The van der Waals surface area contributed by atoms with Crippen molar-refractivity contribution in [3.05, 3.63) is 129 Å². The Morgan fingerprint density at radius 1 is 0.641 bits per heavy atom. The van der Waals surface area contributed by atoms with Crippen LogP contribution in [-0.4, -0.2) is 6.22 Å². The van der Waals surface area contributed by atoms with Crippen LogP contribution in [0.5, 0.6) is 0 Å². The first-order chi connectivity index (χ1) is 18.8. The van der Waals surface area contributed by atoms with Crippen molar-refractivity contribution in [3.8, 4) is 22.3 Å². The Morgan fingerprint density at radius 3 is 1.49 bits per heavy atom. The molecule has 0 heterocycles. The maximum absolute atomic E-state index is 6.22. The first-order valence-corrected chi connectivity index (χ1v) is 33.7. The third-order valence-electron chi connectivity index (χ3n) is 9.21. The normalized spacial score (nSPS) is 17.8. The Bertz CT molecular complexity index is 1570. The molecule has 39 heavy (non-hydrogen) atoms. The number of benzene rings is 4. The third kappa shape index (κ3) is 4.72. The minimum atomic E-state index is -3.65. The van der Waals surface area contributed by atoms with E-state index in [4.69, 9.17) is 23.2 Å². The summed E-state index contributed by atoms with van der Waals surface area (Å²) >= 11 is 8.80. The zero-order chi connectivity index (χ0) is 27.2. The molecule has 0 fully saturated rings. The first-order valence-electron chi connectivity index (χ1n) is 14.0. The van der Waals surface area contributed by atoms with Crippen LogP contribution in [0, 0.1) is 0 Å². The molecule has 0 amide bonds. The number of fused-ring (bicyclic) bond motifs is 2. The van der Waals surface area contributed by atoms with Crippen LogP contribution in [0.25, 0.3) is 34.4 Å². The summed E-state index contributed by atoms with van der Waals surface area (Å²) in [6.07, 6.45) is 11.7. The van der Waals surface area contributed by atoms with Crippen LogP contribution in [0.15, 0.2) is 97.1 Å². The van der Waals surface area contributed by atoms with Gasteiger partial charge >= 0.3 is 246 Å². The van der Waals surface area contributed by atoms with Gasteiger partial charge in [-0.15, -0.1) is 0 Å². The fourth-order valence-corrected chi connectivity index (χ4v) is 47.5. The van der Waals surface area contributed by atoms with Crippen molar-refractivity contribution in [2.45, 2.75) is 36.1 Å². The molecule has 2 atom stereocenters. The molecule has 0 saturated carbocycles. The van der Waals surface area contributed by atoms with Crippen LogP contribution >= 0.6 is 23.2 Å². The van der Waals surface area contributed by atoms with Crippen LogP contribution < -0.4 is 0 Å². The number of halogens is 2. The summed E-state index contributed by atoms with van der Waals surface area (Å²) in [6, 6.07) is 31.9. The van der Waals surface area contributed by atoms with Crippen LogP contribution in [0.1, 0.15) is 42.9 Å². The molecule has 196 valence electrons. The second kappa shape index (κ2) is 10.5. The molecule has 0 bridgehead atoms. The Kier molecular flexibility index (Phi) is 7.29. The summed E-state index contributed by atoms with van der Waals surface area (Å²) in [5.41, 5.74) is 11.0. The van der Waals surface area contributed by atoms with Crippen molar-refractivity contribution >= 4 is 41.6 Å². The van der Waals surface area contributed by atoms with Gasteiger partial charge in [0.2, 0.25) is 0 Å². The molecule has 4 aromatic carbocycles. The number of hydrogen-bond acceptors (Lipinski definition) is 0. The molecular formula is C35H34Cl2HfSi. The molecule has 0 radical (unpaired) electrons. The SMILES string of the molecule is CCC[SiH]=[Hf]([CH3])([CH3])([CH]1C=Cc2c(-c3ccc(Cl)cc3)cccc21)[CH]1C=Cc2c(-c3ccc(Cl)cc3)cccc21. The quantitative estimate of drug-likeness (QED) is 0.173. The third-order valence-corrected chi connectivity index (χ3v) is 52.5. The van der Waals surface area contributed by atoms with E-state index in [9.17, 15) is 0 Å². The fourth-order valence-electron chi connectivity index (χ4n) is 7.07. The van der Waals surface area contributed by atoms with Crippen LogP contribution in [-0.2, 0) is 17.1 Å². The number of hydrogen-bond donors (Lipinski definition) is 0. The topological polar surface area (TPSA) is 0 Å². The van der Waals surface area contributed by atoms with Crippen molar-refractivity contribution in [2.24, 2.45) is 0 Å². The number of rotatable bonds is 6. The molecular weight excluding hydrogens is 698 g/mol. The molecule has 2 aliphatic rings. The summed E-state index contributed by atoms with van der Waals surface area (Å²) < 4.78 is 6.68. The molecule has 0 aromatic heterocycles. The van der Waals surface area contributed by atoms with Crippen LogP contribution in [0.3, 0.4) is 0 Å². The first kappa shape index (κ1) is 27.2. The van der Waals surface area contributed by atoms with Crippen molar-refractivity contribution in [2.75, 3.05) is 0 Å². The van der Waals surface area contributed by atoms with Gasteiger partial charge in [-0.25, -0.2) is 0 Å². The van der Waals surface area contributed by atoms with Gasteiger partial charge in [0.1, 0.15) is 0 Å². The van der Waals surface area contributed by atoms with Gasteiger partial charge in [-0.2, -0.15) is 0 Å². The Balaban J connectivity index is 1.49. The predicted octanol–water partition coefficient (Wildman–Crippen LogP) is 11.1. The van der Waals surface area contributed by atoms with Gasteiger partial charge in [0.25, 0.3) is 0 Å². The molecule has 0 nitrogen and oxygen atoms in total. The minimum absolute atomic E-state index is 0.371. The summed E-state index contributed by atoms with van der Waals surface area (Å²) in [5.74, 6) is 0. The summed E-state index contributed by atoms with van der Waals surface area (Å²) in [7, 11) is 0. The fraction of sp³-hybridized carbons (Fsp3) is 0.200. The average molecular weight is 732 g/mol. The molecule has 0 spiro atoms. The van der Waals surface area contributed by atoms with E-state index in [2.05, 4.69) is 101 Å². The van der Waals surface area contributed by atoms with Gasteiger partial charge in [-0.3, -0.25) is 0 Å². The molecule has 4 aromatic rings. The van der Waals surface area contributed by atoms with Gasteiger partial charge in [0.05, 0.1) is 0 Å². The van der Waals surface area contributed by atoms with Crippen molar-refractivity contribution in [1.82, 2.24) is 0 Å². The van der Waals surface area contributed by atoms with E-state index in [1.54, 1.807) is 11.1 Å². The van der Waals surface area contributed by atoms with Crippen molar-refractivity contribution in [3.63, 3.8) is 0 Å². The molecule has 0 saturated heterocycles. The summed E-state index contributed by atoms with van der Waals surface area (Å²) in [6.45, 7) is 2.36. The van der Waals surface area contributed by atoms with E-state index >= 15 is 0 Å². The molecule has 0 aliphatic heterocycles. The molecule has 6 rings (SSSR count). The van der Waals surface area contributed by atoms with Gasteiger partial charge in [0, 0.05) is 0 Å². The standard InChI is InChI=1S/2C15H10Cl.C3H8Si.2CH3.Hf/c2*16-13-9-7-12(8-10-13)15-6-2-4-11-3-1-5-14(11)15;1-2-3-4;;;/h2*1-10H;4H,2-3H2,1H3;2*1H3;. The van der Waals surface area contributed by atoms with E-state index in [1.807, 2.05) is 24.3 Å². The van der Waals surface area contributed by atoms with Crippen molar-refractivity contribution < 1.29 is 17.1 Å². The Hall–Kier alpha value is -1.97. The van der Waals surface area contributed by atoms with Gasteiger partial charge < -0.3 is 0 Å². The molecule has 4 heteroatoms. The zero-order valence-corrected chi connectivity index (χ0v) is 29.1. The Morgan fingerprint density at radius 2 is 1.08 bits per heavy atom. The zero-order valence-electron chi connectivity index (χ0n) is 22.8. The van der Waals surface area contributed by atoms with Crippen LogP contribution in [0.4, 0.5) is 0 Å². The van der Waals surface area contributed by atoms with Gasteiger partial charge in [-0.05, 0) is 0 Å². The molecule has 0 N–H and O–H groups in total. The van der Waals surface area contributed by atoms with Crippen molar-refractivity contribution in [1.29, 1.82) is 0 Å². The molecule has 2 aliphatic carbocycles. The van der Waals surface area contributed by atoms with E-state index in [0.717, 1.165) is 10.0 Å². The summed E-state index contributed by atoms with van der Waals surface area (Å²) in [5, 5.41) is 1.56. The van der Waals surface area contributed by atoms with Crippen LogP contribution in [0.2, 0.25) is 25.4 Å². The predicted molar refractivity (Wildman–Crippen MR) is 171 cm³/mol. The van der Waals surface area contributed by atoms with E-state index < -0.39 is 17.1 Å². The molecule has 2 unspecified atom stereocenters. The maximum atomic E-state index is 6.22. The monoisotopic (exact) mass is 732 g/mol. The second-order valence-electron chi connectivity index (χ2n) is 12.0. The van der Waals surface area contributed by atoms with E-state index in [1.165, 1.54) is 45.8 Å². The van der Waals surface area contributed by atoms with E-state index in [0.29, 0.717) is 13.6 Å². The van der Waals surface area contributed by atoms with Gasteiger partial charge in [0.15, 0.2) is 0 Å². The van der Waals surface area contributed by atoms with Gasteiger partial charge in [-0.1, -0.05) is 0 Å². The average Bonchev–Trinajstić information content (AvgIpc) is 3.59. The summed E-state index contributed by atoms with van der Waals surface area (Å²) in [4.78, 5) is 0. The number of allylic oxidation sites excluding steroid dienone is 2. The second-order valence-corrected chi connectivity index (χ2v) is 57.3. The van der Waals surface area contributed by atoms with E-state index in [-0.39, 0.29) is 0 Å².